The van der Waals surface area contributed by atoms with Gasteiger partial charge in [0, 0.05) is 22.8 Å². The number of aromatic nitrogens is 2. The molecular weight excluding hydrogens is 364 g/mol. The average molecular weight is 385 g/mol. The van der Waals surface area contributed by atoms with Crippen LogP contribution in [0.1, 0.15) is 32.1 Å². The number of anilines is 2. The van der Waals surface area contributed by atoms with Gasteiger partial charge in [0.15, 0.2) is 5.13 Å². The van der Waals surface area contributed by atoms with Gasteiger partial charge in [-0.15, -0.1) is 0 Å². The molecule has 0 saturated heterocycles. The Labute approximate surface area is 162 Å². The van der Waals surface area contributed by atoms with E-state index >= 15 is 0 Å². The van der Waals surface area contributed by atoms with Gasteiger partial charge in [-0.05, 0) is 42.7 Å². The van der Waals surface area contributed by atoms with Crippen LogP contribution in [0.4, 0.5) is 10.9 Å². The number of benzene rings is 1. The molecule has 0 radical (unpaired) electrons. The molecule has 0 bridgehead atoms. The highest BCUT2D eigenvalue weighted by molar-refractivity contribution is 7.19. The Morgan fingerprint density at radius 1 is 1.08 bits per heavy atom. The van der Waals surface area contributed by atoms with Crippen LogP contribution in [-0.4, -0.2) is 16.0 Å². The van der Waals surface area contributed by atoms with Crippen LogP contribution in [0.3, 0.4) is 0 Å². The van der Waals surface area contributed by atoms with Gasteiger partial charge in [0.1, 0.15) is 5.82 Å². The Morgan fingerprint density at radius 3 is 2.73 bits per heavy atom. The summed E-state index contributed by atoms with van der Waals surface area (Å²) < 4.78 is 0. The second-order valence-corrected chi connectivity index (χ2v) is 8.12. The molecule has 0 atom stereocenters. The van der Waals surface area contributed by atoms with E-state index in [1.807, 2.05) is 36.5 Å². The van der Waals surface area contributed by atoms with E-state index in [9.17, 15) is 0 Å². The predicted octanol–water partition coefficient (Wildman–Crippen LogP) is 5.85. The maximum Gasteiger partial charge on any atom is 0.181 e. The van der Waals surface area contributed by atoms with Crippen molar-refractivity contribution in [3.05, 3.63) is 47.6 Å². The summed E-state index contributed by atoms with van der Waals surface area (Å²) in [6, 6.07) is 12.3. The lowest BCUT2D eigenvalue weighted by atomic mass is 9.95. The summed E-state index contributed by atoms with van der Waals surface area (Å²) in [5.74, 6) is 0.915. The minimum Gasteiger partial charge on any atom is -0.375 e. The Balaban J connectivity index is 1.66. The molecule has 1 saturated carbocycles. The second-order valence-electron chi connectivity index (χ2n) is 6.65. The summed E-state index contributed by atoms with van der Waals surface area (Å²) in [6.07, 6.45) is 8.20. The number of nitrogens with one attached hydrogen (secondary N) is 1. The molecule has 0 aliphatic heterocycles. The van der Waals surface area contributed by atoms with Gasteiger partial charge in [0.2, 0.25) is 0 Å². The van der Waals surface area contributed by atoms with Crippen molar-refractivity contribution in [3.63, 3.8) is 0 Å². The molecule has 134 valence electrons. The SMILES string of the molecule is Nc1nc(-c2cccc(Cl)c2)c(-c2ccnc(NC3CCCCC3)c2)s1. The molecule has 1 aliphatic carbocycles. The minimum absolute atomic E-state index is 0.519. The smallest absolute Gasteiger partial charge is 0.181 e. The zero-order chi connectivity index (χ0) is 17.9. The van der Waals surface area contributed by atoms with E-state index in [0.717, 1.165) is 27.5 Å². The molecule has 3 aromatic rings. The van der Waals surface area contributed by atoms with E-state index in [-0.39, 0.29) is 0 Å². The molecule has 0 amide bonds. The number of hydrogen-bond acceptors (Lipinski definition) is 5. The van der Waals surface area contributed by atoms with Crippen molar-refractivity contribution in [1.29, 1.82) is 0 Å². The standard InChI is InChI=1S/C20H21ClN4S/c21-15-6-4-5-13(11-15)18-19(26-20(22)25-18)14-9-10-23-17(12-14)24-16-7-2-1-3-8-16/h4-6,9-12,16H,1-3,7-8H2,(H2,22,25)(H,23,24). The van der Waals surface area contributed by atoms with E-state index in [1.54, 1.807) is 0 Å². The quantitative estimate of drug-likeness (QED) is 0.592. The predicted molar refractivity (Wildman–Crippen MR) is 111 cm³/mol. The van der Waals surface area contributed by atoms with Gasteiger partial charge >= 0.3 is 0 Å². The van der Waals surface area contributed by atoms with Crippen molar-refractivity contribution < 1.29 is 0 Å². The minimum atomic E-state index is 0.519. The largest absolute Gasteiger partial charge is 0.375 e. The molecule has 0 unspecified atom stereocenters. The van der Waals surface area contributed by atoms with E-state index in [2.05, 4.69) is 21.4 Å². The third-order valence-corrected chi connectivity index (χ3v) is 5.89. The molecule has 1 aromatic carbocycles. The fraction of sp³-hybridized carbons (Fsp3) is 0.300. The first-order valence-electron chi connectivity index (χ1n) is 8.94. The van der Waals surface area contributed by atoms with Crippen molar-refractivity contribution in [2.45, 2.75) is 38.1 Å². The van der Waals surface area contributed by atoms with Gasteiger partial charge in [-0.1, -0.05) is 54.3 Å². The molecule has 2 aromatic heterocycles. The first-order chi connectivity index (χ1) is 12.7. The Morgan fingerprint density at radius 2 is 1.92 bits per heavy atom. The van der Waals surface area contributed by atoms with Gasteiger partial charge < -0.3 is 11.1 Å². The van der Waals surface area contributed by atoms with Crippen LogP contribution >= 0.6 is 22.9 Å². The molecule has 3 N–H and O–H groups in total. The second kappa shape index (κ2) is 7.64. The third-order valence-electron chi connectivity index (χ3n) is 4.72. The lowest BCUT2D eigenvalue weighted by molar-refractivity contribution is 0.462. The highest BCUT2D eigenvalue weighted by Crippen LogP contribution is 2.39. The first-order valence-corrected chi connectivity index (χ1v) is 10.1. The topological polar surface area (TPSA) is 63.8 Å². The lowest BCUT2D eigenvalue weighted by Crippen LogP contribution is -2.22. The number of hydrogen-bond donors (Lipinski definition) is 2. The fourth-order valence-corrected chi connectivity index (χ4v) is 4.51. The molecule has 4 nitrogen and oxygen atoms in total. The normalized spacial score (nSPS) is 15.1. The van der Waals surface area contributed by atoms with Crippen molar-refractivity contribution in [1.82, 2.24) is 9.97 Å². The number of halogens is 1. The lowest BCUT2D eigenvalue weighted by Gasteiger charge is -2.23. The zero-order valence-electron chi connectivity index (χ0n) is 14.4. The zero-order valence-corrected chi connectivity index (χ0v) is 16.0. The van der Waals surface area contributed by atoms with Crippen LogP contribution in [0.15, 0.2) is 42.6 Å². The molecule has 1 aliphatic rings. The summed E-state index contributed by atoms with van der Waals surface area (Å²) in [4.78, 5) is 10.1. The van der Waals surface area contributed by atoms with Gasteiger partial charge in [0.05, 0.1) is 10.6 Å². The van der Waals surface area contributed by atoms with Gasteiger partial charge in [-0.25, -0.2) is 9.97 Å². The average Bonchev–Trinajstić information content (AvgIpc) is 3.05. The number of rotatable bonds is 4. The van der Waals surface area contributed by atoms with Crippen LogP contribution in [-0.2, 0) is 0 Å². The van der Waals surface area contributed by atoms with Gasteiger partial charge in [-0.3, -0.25) is 0 Å². The Bertz CT molecular complexity index is 902. The van der Waals surface area contributed by atoms with Crippen LogP contribution in [0.5, 0.6) is 0 Å². The number of pyridine rings is 1. The van der Waals surface area contributed by atoms with Crippen LogP contribution in [0.2, 0.25) is 5.02 Å². The van der Waals surface area contributed by atoms with Crippen molar-refractivity contribution in [2.75, 3.05) is 11.1 Å². The number of nitrogens with two attached hydrogens (primary N) is 1. The summed E-state index contributed by atoms with van der Waals surface area (Å²) in [6.45, 7) is 0. The summed E-state index contributed by atoms with van der Waals surface area (Å²) >= 11 is 7.65. The van der Waals surface area contributed by atoms with E-state index in [4.69, 9.17) is 17.3 Å². The van der Waals surface area contributed by atoms with Gasteiger partial charge in [0.25, 0.3) is 0 Å². The molecule has 26 heavy (non-hydrogen) atoms. The molecule has 1 fully saturated rings. The van der Waals surface area contributed by atoms with Gasteiger partial charge in [-0.2, -0.15) is 0 Å². The number of nitrogen functional groups attached to an aromatic ring is 1. The molecule has 6 heteroatoms. The van der Waals surface area contributed by atoms with Crippen LogP contribution in [0.25, 0.3) is 21.7 Å². The molecular formula is C20H21ClN4S. The van der Waals surface area contributed by atoms with Crippen molar-refractivity contribution in [2.24, 2.45) is 0 Å². The molecule has 4 rings (SSSR count). The van der Waals surface area contributed by atoms with E-state index < -0.39 is 0 Å². The summed E-state index contributed by atoms with van der Waals surface area (Å²) in [5.41, 5.74) is 8.93. The van der Waals surface area contributed by atoms with Crippen molar-refractivity contribution in [3.8, 4) is 21.7 Å². The van der Waals surface area contributed by atoms with E-state index in [1.165, 1.54) is 43.4 Å². The van der Waals surface area contributed by atoms with Crippen molar-refractivity contribution >= 4 is 33.9 Å². The van der Waals surface area contributed by atoms with Crippen LogP contribution in [0, 0.1) is 0 Å². The summed E-state index contributed by atoms with van der Waals surface area (Å²) in [7, 11) is 0. The third kappa shape index (κ3) is 3.84. The molecule has 0 spiro atoms. The number of thiazole rings is 1. The fourth-order valence-electron chi connectivity index (χ4n) is 3.47. The Kier molecular flexibility index (Phi) is 5.09. The molecule has 2 heterocycles. The summed E-state index contributed by atoms with van der Waals surface area (Å²) in [5, 5.41) is 4.83. The maximum absolute atomic E-state index is 6.16. The highest BCUT2D eigenvalue weighted by Gasteiger charge is 2.17. The first kappa shape index (κ1) is 17.3. The Hall–Kier alpha value is -2.11. The highest BCUT2D eigenvalue weighted by atomic mass is 35.5. The van der Waals surface area contributed by atoms with Crippen LogP contribution < -0.4 is 11.1 Å². The number of nitrogens with zero attached hydrogens (tertiary/aromatic N) is 2. The maximum atomic E-state index is 6.16. The monoisotopic (exact) mass is 384 g/mol. The van der Waals surface area contributed by atoms with E-state index in [0.29, 0.717) is 16.2 Å².